The molecule has 0 amide bonds. The van der Waals surface area contributed by atoms with Gasteiger partial charge in [0.05, 0.1) is 0 Å². The van der Waals surface area contributed by atoms with Gasteiger partial charge in [0.15, 0.2) is 0 Å². The number of fused-ring (bicyclic) bond motifs is 2. The van der Waals surface area contributed by atoms with E-state index in [1.54, 1.807) is 11.1 Å². The molecule has 0 N–H and O–H groups in total. The Balaban J connectivity index is 1.63. The van der Waals surface area contributed by atoms with Crippen LogP contribution in [0.4, 0.5) is 0 Å². The van der Waals surface area contributed by atoms with Crippen molar-refractivity contribution in [2.75, 3.05) is 0 Å². The van der Waals surface area contributed by atoms with Gasteiger partial charge >= 0.3 is 0 Å². The summed E-state index contributed by atoms with van der Waals surface area (Å²) in [6.45, 7) is 12.0. The van der Waals surface area contributed by atoms with Crippen LogP contribution in [-0.2, 0) is 0 Å². The molecule has 0 aromatic carbocycles. The van der Waals surface area contributed by atoms with Gasteiger partial charge in [-0.2, -0.15) is 0 Å². The van der Waals surface area contributed by atoms with Gasteiger partial charge in [-0.3, -0.25) is 0 Å². The van der Waals surface area contributed by atoms with Crippen molar-refractivity contribution in [1.29, 1.82) is 0 Å². The summed E-state index contributed by atoms with van der Waals surface area (Å²) in [5.74, 6) is 5.26. The van der Waals surface area contributed by atoms with E-state index in [2.05, 4.69) is 52.8 Å². The molecular formula is C22H32. The molecule has 0 heterocycles. The maximum atomic E-state index is 2.61. The Kier molecular flexibility index (Phi) is 3.26. The van der Waals surface area contributed by atoms with Crippen LogP contribution in [0.25, 0.3) is 0 Å². The molecule has 0 aliphatic heterocycles. The highest BCUT2D eigenvalue weighted by Crippen LogP contribution is 2.58. The van der Waals surface area contributed by atoms with Crippen LogP contribution in [0.5, 0.6) is 0 Å². The third kappa shape index (κ3) is 2.17. The van der Waals surface area contributed by atoms with E-state index in [4.69, 9.17) is 0 Å². The Hall–Kier alpha value is -0.780. The van der Waals surface area contributed by atoms with Crippen molar-refractivity contribution in [2.45, 2.75) is 60.3 Å². The van der Waals surface area contributed by atoms with E-state index in [0.717, 1.165) is 35.5 Å². The molecule has 4 rings (SSSR count). The predicted molar refractivity (Wildman–Crippen MR) is 94.5 cm³/mol. The third-order valence-electron chi connectivity index (χ3n) is 7.05. The maximum Gasteiger partial charge on any atom is -0.00911 e. The SMILES string of the molecule is CC(C)C1CC(C2CC3C=CC2C3)C2=C1C=C(C(C)(C)C)C2. The van der Waals surface area contributed by atoms with Crippen molar-refractivity contribution < 1.29 is 0 Å². The highest BCUT2D eigenvalue weighted by atomic mass is 14.5. The molecule has 0 aromatic rings. The van der Waals surface area contributed by atoms with Crippen molar-refractivity contribution in [1.82, 2.24) is 0 Å². The monoisotopic (exact) mass is 296 g/mol. The van der Waals surface area contributed by atoms with E-state index >= 15 is 0 Å². The molecule has 22 heavy (non-hydrogen) atoms. The van der Waals surface area contributed by atoms with Crippen LogP contribution in [0.2, 0.25) is 0 Å². The van der Waals surface area contributed by atoms with Crippen LogP contribution in [0.15, 0.2) is 34.9 Å². The lowest BCUT2D eigenvalue weighted by Gasteiger charge is -2.30. The zero-order valence-corrected chi connectivity index (χ0v) is 15.0. The molecule has 4 aliphatic rings. The van der Waals surface area contributed by atoms with Gasteiger partial charge in [0, 0.05) is 0 Å². The lowest BCUT2D eigenvalue weighted by atomic mass is 9.74. The Bertz CT molecular complexity index is 563. The summed E-state index contributed by atoms with van der Waals surface area (Å²) in [6.07, 6.45) is 13.3. The third-order valence-corrected chi connectivity index (χ3v) is 7.05. The lowest BCUT2D eigenvalue weighted by Crippen LogP contribution is -2.21. The largest absolute Gasteiger partial charge is 0.0851 e. The first-order valence-corrected chi connectivity index (χ1v) is 9.47. The maximum absolute atomic E-state index is 2.61. The Morgan fingerprint density at radius 2 is 1.82 bits per heavy atom. The summed E-state index contributed by atoms with van der Waals surface area (Å²) in [4.78, 5) is 0. The zero-order chi connectivity index (χ0) is 15.6. The molecule has 0 radical (unpaired) electrons. The van der Waals surface area contributed by atoms with E-state index < -0.39 is 0 Å². The average Bonchev–Trinajstić information content (AvgIpc) is 3.16. The number of allylic oxidation sites excluding steroid dienone is 6. The standard InChI is InChI=1S/C22H32/c1-13(2)17-12-21(18-9-14-6-7-15(18)8-14)20-11-16(10-19(17)20)22(3,4)5/h6-7,10,13-15,17-18,21H,8-9,11-12H2,1-5H3. The van der Waals surface area contributed by atoms with Gasteiger partial charge in [-0.25, -0.2) is 0 Å². The van der Waals surface area contributed by atoms with Gasteiger partial charge in [0.2, 0.25) is 0 Å². The van der Waals surface area contributed by atoms with Gasteiger partial charge < -0.3 is 0 Å². The fourth-order valence-corrected chi connectivity index (χ4v) is 5.70. The highest BCUT2D eigenvalue weighted by Gasteiger charge is 2.47. The molecule has 0 heteroatoms. The smallest absolute Gasteiger partial charge is 0.00911 e. The molecule has 5 atom stereocenters. The molecule has 0 spiro atoms. The van der Waals surface area contributed by atoms with Gasteiger partial charge in [-0.05, 0) is 72.2 Å². The van der Waals surface area contributed by atoms with E-state index in [1.807, 2.05) is 5.57 Å². The van der Waals surface area contributed by atoms with E-state index in [0.29, 0.717) is 5.41 Å². The van der Waals surface area contributed by atoms with Crippen molar-refractivity contribution in [3.63, 3.8) is 0 Å². The quantitative estimate of drug-likeness (QED) is 0.535. The minimum atomic E-state index is 0.338. The van der Waals surface area contributed by atoms with E-state index in [-0.39, 0.29) is 0 Å². The molecule has 0 aromatic heterocycles. The fourth-order valence-electron chi connectivity index (χ4n) is 5.70. The minimum Gasteiger partial charge on any atom is -0.0851 e. The van der Waals surface area contributed by atoms with Gasteiger partial charge in [-0.1, -0.05) is 64.0 Å². The van der Waals surface area contributed by atoms with Gasteiger partial charge in [0.1, 0.15) is 0 Å². The normalized spacial score (nSPS) is 40.1. The van der Waals surface area contributed by atoms with Crippen LogP contribution < -0.4 is 0 Å². The molecule has 1 fully saturated rings. The van der Waals surface area contributed by atoms with Crippen LogP contribution in [-0.4, -0.2) is 0 Å². The Morgan fingerprint density at radius 1 is 1.05 bits per heavy atom. The van der Waals surface area contributed by atoms with Crippen LogP contribution in [0, 0.1) is 40.9 Å². The first kappa shape index (κ1) is 14.8. The number of hydrogen-bond acceptors (Lipinski definition) is 0. The number of rotatable bonds is 2. The average molecular weight is 296 g/mol. The molecule has 4 aliphatic carbocycles. The fraction of sp³-hybridized carbons (Fsp3) is 0.727. The topological polar surface area (TPSA) is 0 Å². The number of hydrogen-bond donors (Lipinski definition) is 0. The van der Waals surface area contributed by atoms with Crippen molar-refractivity contribution >= 4 is 0 Å². The molecule has 2 bridgehead atoms. The van der Waals surface area contributed by atoms with E-state index in [9.17, 15) is 0 Å². The molecule has 0 saturated heterocycles. The molecule has 120 valence electrons. The molecule has 5 unspecified atom stereocenters. The van der Waals surface area contributed by atoms with Gasteiger partial charge in [0.25, 0.3) is 0 Å². The van der Waals surface area contributed by atoms with Crippen molar-refractivity contribution in [2.24, 2.45) is 40.9 Å². The van der Waals surface area contributed by atoms with Crippen LogP contribution in [0.3, 0.4) is 0 Å². The van der Waals surface area contributed by atoms with E-state index in [1.165, 1.54) is 25.7 Å². The first-order chi connectivity index (χ1) is 10.3. The highest BCUT2D eigenvalue weighted by molar-refractivity contribution is 5.47. The zero-order valence-electron chi connectivity index (χ0n) is 15.0. The van der Waals surface area contributed by atoms with Crippen LogP contribution >= 0.6 is 0 Å². The Labute approximate surface area is 136 Å². The van der Waals surface area contributed by atoms with Crippen LogP contribution in [0.1, 0.15) is 60.3 Å². The van der Waals surface area contributed by atoms with Crippen molar-refractivity contribution in [3.05, 3.63) is 34.9 Å². The summed E-state index contributed by atoms with van der Waals surface area (Å²) in [5, 5.41) is 0. The predicted octanol–water partition coefficient (Wildman–Crippen LogP) is 6.16. The second kappa shape index (κ2) is 4.86. The van der Waals surface area contributed by atoms with Gasteiger partial charge in [-0.15, -0.1) is 0 Å². The second-order valence-corrected chi connectivity index (χ2v) is 9.71. The second-order valence-electron chi connectivity index (χ2n) is 9.71. The minimum absolute atomic E-state index is 0.338. The summed E-state index contributed by atoms with van der Waals surface area (Å²) in [7, 11) is 0. The first-order valence-electron chi connectivity index (χ1n) is 9.47. The van der Waals surface area contributed by atoms with Crippen molar-refractivity contribution in [3.8, 4) is 0 Å². The molecular weight excluding hydrogens is 264 g/mol. The molecule has 1 saturated carbocycles. The summed E-state index contributed by atoms with van der Waals surface area (Å²) >= 11 is 0. The summed E-state index contributed by atoms with van der Waals surface area (Å²) < 4.78 is 0. The summed E-state index contributed by atoms with van der Waals surface area (Å²) in [6, 6.07) is 0. The molecule has 0 nitrogen and oxygen atoms in total. The Morgan fingerprint density at radius 3 is 2.36 bits per heavy atom. The summed E-state index contributed by atoms with van der Waals surface area (Å²) in [5.41, 5.74) is 5.64. The lowest BCUT2D eigenvalue weighted by molar-refractivity contribution is 0.281.